The number of nitrogens with zero attached hydrogens (tertiary/aromatic N) is 2. The van der Waals surface area contributed by atoms with Crippen LogP contribution in [0.5, 0.6) is 0 Å². The lowest BCUT2D eigenvalue weighted by molar-refractivity contribution is -0.141. The lowest BCUT2D eigenvalue weighted by Crippen LogP contribution is -2.51. The molecule has 7 N–H and O–H groups in total. The van der Waals surface area contributed by atoms with Gasteiger partial charge in [-0.2, -0.15) is 4.98 Å². The van der Waals surface area contributed by atoms with E-state index in [1.807, 2.05) is 0 Å². The first-order valence-electron chi connectivity index (χ1n) is 8.47. The molecule has 1 aliphatic heterocycles. The lowest BCUT2D eigenvalue weighted by Gasteiger charge is -2.19. The minimum Gasteiger partial charge on any atom is -0.480 e. The fourth-order valence-corrected chi connectivity index (χ4v) is 2.29. The molecule has 3 atom stereocenters. The summed E-state index contributed by atoms with van der Waals surface area (Å²) in [5.74, 6) is -0.876. The van der Waals surface area contributed by atoms with Gasteiger partial charge in [-0.05, 0) is 26.3 Å². The van der Waals surface area contributed by atoms with E-state index in [1.165, 1.54) is 13.8 Å². The molecule has 1 saturated heterocycles. The van der Waals surface area contributed by atoms with Crippen LogP contribution in [0.4, 0.5) is 4.79 Å². The molecule has 2 heterocycles. The normalized spacial score (nSPS) is 18.4. The Morgan fingerprint density at radius 1 is 1.41 bits per heavy atom. The molecule has 0 aromatic carbocycles. The van der Waals surface area contributed by atoms with Crippen LogP contribution in [-0.4, -0.2) is 57.0 Å². The third-order valence-electron chi connectivity index (χ3n) is 3.54. The van der Waals surface area contributed by atoms with Crippen molar-refractivity contribution in [3.8, 4) is 0 Å². The summed E-state index contributed by atoms with van der Waals surface area (Å²) in [6.07, 6.45) is 1.93. The Balaban J connectivity index is 0.000000828. The summed E-state index contributed by atoms with van der Waals surface area (Å²) in [5.41, 5.74) is 4.47. The summed E-state index contributed by atoms with van der Waals surface area (Å²) in [6, 6.07) is -2.07. The predicted molar refractivity (Wildman–Crippen MR) is 92.2 cm³/mol. The molecule has 12 heteroatoms. The average Bonchev–Trinajstić information content (AvgIpc) is 3.06. The predicted octanol–water partition coefficient (Wildman–Crippen LogP) is -0.991. The van der Waals surface area contributed by atoms with E-state index in [9.17, 15) is 19.5 Å². The third kappa shape index (κ3) is 8.46. The lowest BCUT2D eigenvalue weighted by atomic mass is 10.0. The van der Waals surface area contributed by atoms with Gasteiger partial charge in [-0.1, -0.05) is 11.6 Å². The van der Waals surface area contributed by atoms with Crippen molar-refractivity contribution in [1.82, 2.24) is 26.1 Å². The van der Waals surface area contributed by atoms with Gasteiger partial charge in [0.2, 0.25) is 11.8 Å². The van der Waals surface area contributed by atoms with Crippen molar-refractivity contribution in [3.63, 3.8) is 0 Å². The first-order chi connectivity index (χ1) is 12.7. The zero-order chi connectivity index (χ0) is 20.4. The van der Waals surface area contributed by atoms with Crippen LogP contribution in [0.3, 0.4) is 0 Å². The number of aliphatic carboxylic acids is 1. The summed E-state index contributed by atoms with van der Waals surface area (Å²) < 4.78 is 5.06. The molecule has 3 unspecified atom stereocenters. The van der Waals surface area contributed by atoms with Crippen LogP contribution >= 0.6 is 0 Å². The molecule has 0 aliphatic carbocycles. The number of hydrogen-bond donors (Lipinski definition) is 6. The van der Waals surface area contributed by atoms with E-state index >= 15 is 0 Å². The monoisotopic (exact) mass is 386 g/mol. The van der Waals surface area contributed by atoms with E-state index in [1.54, 1.807) is 0 Å². The molecule has 0 spiro atoms. The first-order valence-corrected chi connectivity index (χ1v) is 8.47. The van der Waals surface area contributed by atoms with Crippen LogP contribution in [-0.2, 0) is 16.1 Å². The molecule has 152 valence electrons. The molecule has 3 amide bonds. The number of carbonyl (C=O) groups is 3. The minimum absolute atomic E-state index is 0.0301. The van der Waals surface area contributed by atoms with Crippen molar-refractivity contribution in [3.05, 3.63) is 11.7 Å². The highest BCUT2D eigenvalue weighted by Crippen LogP contribution is 2.20. The second-order valence-corrected chi connectivity index (χ2v) is 6.04. The third-order valence-corrected chi connectivity index (χ3v) is 3.54. The quantitative estimate of drug-likeness (QED) is 0.356. The molecule has 2 rings (SSSR count). The number of rotatable bonds is 6. The van der Waals surface area contributed by atoms with E-state index in [0.717, 1.165) is 25.8 Å². The Labute approximate surface area is 155 Å². The standard InChI is InChI=1S/C13H21N5O5.C2H5NO/c1-7(19)10(12(20)21)17-13(22)15-6-9-16-11(18-23-9)8-4-2-3-5-14-8;1-2(3)4/h7-8,10,14,19H,2-6H2,1H3,(H,20,21)(H2,15,17,22);1H3,(H2,3,4). The van der Waals surface area contributed by atoms with Gasteiger partial charge in [0, 0.05) is 6.92 Å². The van der Waals surface area contributed by atoms with Crippen LogP contribution in [0.2, 0.25) is 0 Å². The molecule has 0 saturated carbocycles. The molecule has 1 aromatic rings. The molecular weight excluding hydrogens is 360 g/mol. The van der Waals surface area contributed by atoms with Crippen LogP contribution in [0.1, 0.15) is 50.9 Å². The Hall–Kier alpha value is -2.73. The number of aliphatic hydroxyl groups is 1. The Morgan fingerprint density at radius 3 is 2.59 bits per heavy atom. The van der Waals surface area contributed by atoms with Crippen LogP contribution in [0.25, 0.3) is 0 Å². The number of aromatic nitrogens is 2. The molecule has 1 aromatic heterocycles. The van der Waals surface area contributed by atoms with Gasteiger partial charge in [0.1, 0.15) is 0 Å². The molecule has 0 bridgehead atoms. The maximum Gasteiger partial charge on any atom is 0.328 e. The maximum absolute atomic E-state index is 11.6. The van der Waals surface area contributed by atoms with Crippen LogP contribution in [0, 0.1) is 0 Å². The number of hydrogen-bond acceptors (Lipinski definition) is 8. The number of aliphatic hydroxyl groups excluding tert-OH is 1. The summed E-state index contributed by atoms with van der Waals surface area (Å²) in [7, 11) is 0. The molecule has 1 aliphatic rings. The van der Waals surface area contributed by atoms with E-state index in [-0.39, 0.29) is 24.4 Å². The van der Waals surface area contributed by atoms with Crippen molar-refractivity contribution in [1.29, 1.82) is 0 Å². The molecule has 27 heavy (non-hydrogen) atoms. The number of amides is 3. The second kappa shape index (κ2) is 11.1. The number of carboxylic acid groups (broad SMARTS) is 1. The Morgan fingerprint density at radius 2 is 2.07 bits per heavy atom. The van der Waals surface area contributed by atoms with Gasteiger partial charge >= 0.3 is 12.0 Å². The summed E-state index contributed by atoms with van der Waals surface area (Å²) in [4.78, 5) is 36.0. The van der Waals surface area contributed by atoms with Gasteiger partial charge in [0.15, 0.2) is 11.9 Å². The molecular formula is C15H26N6O6. The number of nitrogens with two attached hydrogens (primary N) is 1. The van der Waals surface area contributed by atoms with Crippen molar-refractivity contribution < 1.29 is 29.1 Å². The highest BCUT2D eigenvalue weighted by molar-refractivity contribution is 5.82. The number of primary amides is 1. The van der Waals surface area contributed by atoms with Gasteiger partial charge in [0.05, 0.1) is 18.7 Å². The van der Waals surface area contributed by atoms with E-state index in [0.29, 0.717) is 5.82 Å². The Bertz CT molecular complexity index is 624. The zero-order valence-corrected chi connectivity index (χ0v) is 15.3. The highest BCUT2D eigenvalue weighted by atomic mass is 16.5. The zero-order valence-electron chi connectivity index (χ0n) is 15.3. The van der Waals surface area contributed by atoms with Crippen molar-refractivity contribution in [2.75, 3.05) is 6.54 Å². The number of carbonyl (C=O) groups excluding carboxylic acids is 2. The fourth-order valence-electron chi connectivity index (χ4n) is 2.29. The van der Waals surface area contributed by atoms with Crippen molar-refractivity contribution in [2.45, 2.75) is 57.8 Å². The van der Waals surface area contributed by atoms with Crippen LogP contribution in [0.15, 0.2) is 4.52 Å². The van der Waals surface area contributed by atoms with Crippen molar-refractivity contribution in [2.24, 2.45) is 5.73 Å². The molecule has 12 nitrogen and oxygen atoms in total. The first kappa shape index (κ1) is 22.3. The largest absolute Gasteiger partial charge is 0.480 e. The maximum atomic E-state index is 11.6. The average molecular weight is 386 g/mol. The SMILES string of the molecule is CC(N)=O.CC(O)C(NC(=O)NCc1nc(C2CCCCN2)no1)C(=O)O. The number of carboxylic acids is 1. The summed E-state index contributed by atoms with van der Waals surface area (Å²) >= 11 is 0. The van der Waals surface area contributed by atoms with E-state index < -0.39 is 24.1 Å². The summed E-state index contributed by atoms with van der Waals surface area (Å²) in [5, 5.41) is 29.9. The van der Waals surface area contributed by atoms with E-state index in [4.69, 9.17) is 9.63 Å². The van der Waals surface area contributed by atoms with Crippen LogP contribution < -0.4 is 21.7 Å². The van der Waals surface area contributed by atoms with Gasteiger partial charge in [-0.3, -0.25) is 4.79 Å². The van der Waals surface area contributed by atoms with E-state index in [2.05, 4.69) is 31.8 Å². The molecule has 1 fully saturated rings. The summed E-state index contributed by atoms with van der Waals surface area (Å²) in [6.45, 7) is 3.46. The topological polar surface area (TPSA) is 193 Å². The van der Waals surface area contributed by atoms with Gasteiger partial charge < -0.3 is 36.4 Å². The van der Waals surface area contributed by atoms with Gasteiger partial charge in [-0.25, -0.2) is 9.59 Å². The molecule has 0 radical (unpaired) electrons. The van der Waals surface area contributed by atoms with Gasteiger partial charge in [0.25, 0.3) is 0 Å². The number of nitrogens with one attached hydrogen (secondary N) is 3. The number of urea groups is 1. The highest BCUT2D eigenvalue weighted by Gasteiger charge is 2.25. The fraction of sp³-hybridized carbons (Fsp3) is 0.667. The van der Waals surface area contributed by atoms with Gasteiger partial charge in [-0.15, -0.1) is 0 Å². The smallest absolute Gasteiger partial charge is 0.328 e. The second-order valence-electron chi connectivity index (χ2n) is 6.04. The minimum atomic E-state index is -1.39. The number of piperidine rings is 1. The van der Waals surface area contributed by atoms with Crippen molar-refractivity contribution >= 4 is 17.9 Å². The Kier molecular flexibility index (Phi) is 9.16.